The number of ether oxygens (including phenoxy) is 1. The predicted molar refractivity (Wildman–Crippen MR) is 119 cm³/mol. The van der Waals surface area contributed by atoms with Gasteiger partial charge in [0.15, 0.2) is 5.96 Å². The smallest absolute Gasteiger partial charge is 0.194 e. The average Bonchev–Trinajstić information content (AvgIpc) is 3.23. The third kappa shape index (κ3) is 5.30. The molecule has 2 aliphatic heterocycles. The Balaban J connectivity index is 0.00000243. The summed E-state index contributed by atoms with van der Waals surface area (Å²) in [5.41, 5.74) is 1.23. The summed E-state index contributed by atoms with van der Waals surface area (Å²) < 4.78 is 5.47. The van der Waals surface area contributed by atoms with Gasteiger partial charge in [-0.1, -0.05) is 13.8 Å². The molecule has 1 aromatic heterocycles. The highest BCUT2D eigenvalue weighted by molar-refractivity contribution is 14.0. The van der Waals surface area contributed by atoms with E-state index in [0.29, 0.717) is 12.0 Å². The summed E-state index contributed by atoms with van der Waals surface area (Å²) in [6.07, 6.45) is 1.20. The SMILES string of the molecule is CN=C(NCc1nc(C(C)C)c(C)s1)N1CCC(N2CCOCC2)C1.I. The van der Waals surface area contributed by atoms with E-state index in [2.05, 4.69) is 40.9 Å². The summed E-state index contributed by atoms with van der Waals surface area (Å²) in [6, 6.07) is 0.622. The molecular weight excluding hydrogens is 461 g/mol. The average molecular weight is 493 g/mol. The van der Waals surface area contributed by atoms with Crippen LogP contribution in [0.1, 0.15) is 41.8 Å². The van der Waals surface area contributed by atoms with Crippen LogP contribution in [0.15, 0.2) is 4.99 Å². The second kappa shape index (κ2) is 10.2. The van der Waals surface area contributed by atoms with Crippen molar-refractivity contribution >= 4 is 41.3 Å². The number of nitrogens with zero attached hydrogens (tertiary/aromatic N) is 4. The number of rotatable bonds is 4. The Kier molecular flexibility index (Phi) is 8.56. The number of hydrogen-bond donors (Lipinski definition) is 1. The van der Waals surface area contributed by atoms with Crippen molar-refractivity contribution in [3.05, 3.63) is 15.6 Å². The molecule has 0 aromatic carbocycles. The number of guanidine groups is 1. The van der Waals surface area contributed by atoms with Crippen LogP contribution in [0.2, 0.25) is 0 Å². The van der Waals surface area contributed by atoms with Crippen LogP contribution in [0.5, 0.6) is 0 Å². The van der Waals surface area contributed by atoms with E-state index in [-0.39, 0.29) is 24.0 Å². The zero-order valence-corrected chi connectivity index (χ0v) is 19.5. The maximum absolute atomic E-state index is 5.47. The van der Waals surface area contributed by atoms with Gasteiger partial charge in [0.05, 0.1) is 25.5 Å². The van der Waals surface area contributed by atoms with Gasteiger partial charge >= 0.3 is 0 Å². The van der Waals surface area contributed by atoms with Gasteiger partial charge in [0.25, 0.3) is 0 Å². The first-order chi connectivity index (χ1) is 12.1. The highest BCUT2D eigenvalue weighted by Crippen LogP contribution is 2.24. The van der Waals surface area contributed by atoms with Crippen LogP contribution in [0, 0.1) is 6.92 Å². The molecule has 26 heavy (non-hydrogen) atoms. The monoisotopic (exact) mass is 493 g/mol. The molecule has 0 radical (unpaired) electrons. The number of halogens is 1. The van der Waals surface area contributed by atoms with Crippen molar-refractivity contribution in [1.82, 2.24) is 20.1 Å². The molecule has 1 aromatic rings. The Morgan fingerprint density at radius 3 is 2.69 bits per heavy atom. The third-order valence-electron chi connectivity index (χ3n) is 5.06. The van der Waals surface area contributed by atoms with Gasteiger partial charge in [-0.2, -0.15) is 0 Å². The van der Waals surface area contributed by atoms with Gasteiger partial charge in [0, 0.05) is 44.1 Å². The minimum Gasteiger partial charge on any atom is -0.379 e. The van der Waals surface area contributed by atoms with Gasteiger partial charge in [-0.3, -0.25) is 9.89 Å². The van der Waals surface area contributed by atoms with Crippen molar-refractivity contribution in [2.45, 2.75) is 45.7 Å². The van der Waals surface area contributed by atoms with Gasteiger partial charge in [-0.05, 0) is 19.3 Å². The van der Waals surface area contributed by atoms with Crippen LogP contribution in [-0.2, 0) is 11.3 Å². The van der Waals surface area contributed by atoms with Gasteiger partial charge in [0.1, 0.15) is 5.01 Å². The Morgan fingerprint density at radius 1 is 1.35 bits per heavy atom. The largest absolute Gasteiger partial charge is 0.379 e. The molecule has 1 unspecified atom stereocenters. The van der Waals surface area contributed by atoms with Crippen LogP contribution >= 0.6 is 35.3 Å². The zero-order chi connectivity index (χ0) is 17.8. The van der Waals surface area contributed by atoms with E-state index in [1.54, 1.807) is 11.3 Å². The van der Waals surface area contributed by atoms with Gasteiger partial charge in [-0.25, -0.2) is 4.98 Å². The first kappa shape index (κ1) is 21.8. The number of aryl methyl sites for hydroxylation is 1. The first-order valence-corrected chi connectivity index (χ1v) is 10.1. The minimum atomic E-state index is 0. The molecule has 0 amide bonds. The molecule has 2 fully saturated rings. The lowest BCUT2D eigenvalue weighted by Gasteiger charge is -2.32. The van der Waals surface area contributed by atoms with Gasteiger partial charge < -0.3 is 15.0 Å². The fourth-order valence-electron chi connectivity index (χ4n) is 3.74. The standard InChI is InChI=1S/C18H31N5OS.HI/c1-13(2)17-14(3)25-16(21-17)11-20-18(19-4)23-6-5-15(12-23)22-7-9-24-10-8-22;/h13,15H,5-12H2,1-4H3,(H,19,20);1H. The summed E-state index contributed by atoms with van der Waals surface area (Å²) in [4.78, 5) is 15.6. The van der Waals surface area contributed by atoms with E-state index in [4.69, 9.17) is 9.72 Å². The molecule has 1 atom stereocenters. The molecule has 0 saturated carbocycles. The van der Waals surface area contributed by atoms with Crippen molar-refractivity contribution in [3.8, 4) is 0 Å². The second-order valence-electron chi connectivity index (χ2n) is 7.14. The summed E-state index contributed by atoms with van der Waals surface area (Å²) in [6.45, 7) is 13.3. The van der Waals surface area contributed by atoms with E-state index in [9.17, 15) is 0 Å². The lowest BCUT2D eigenvalue weighted by Crippen LogP contribution is -2.46. The normalized spacial score (nSPS) is 22.0. The van der Waals surface area contributed by atoms with E-state index < -0.39 is 0 Å². The van der Waals surface area contributed by atoms with Gasteiger partial charge in [0.2, 0.25) is 0 Å². The van der Waals surface area contributed by atoms with E-state index in [1.165, 1.54) is 17.0 Å². The van der Waals surface area contributed by atoms with Crippen molar-refractivity contribution in [1.29, 1.82) is 0 Å². The number of likely N-dealkylation sites (tertiary alicyclic amines) is 1. The molecule has 3 rings (SSSR count). The fraction of sp³-hybridized carbons (Fsp3) is 0.778. The molecule has 3 heterocycles. The molecule has 2 aliphatic rings. The Labute approximate surface area is 178 Å². The lowest BCUT2D eigenvalue weighted by molar-refractivity contribution is 0.0195. The number of nitrogens with one attached hydrogen (secondary N) is 1. The van der Waals surface area contributed by atoms with Crippen LogP contribution in [0.25, 0.3) is 0 Å². The summed E-state index contributed by atoms with van der Waals surface area (Å²) in [5.74, 6) is 1.48. The number of aliphatic imine (C=N–C) groups is 1. The van der Waals surface area contributed by atoms with Crippen molar-refractivity contribution in [2.75, 3.05) is 46.4 Å². The third-order valence-corrected chi connectivity index (χ3v) is 6.04. The Bertz CT molecular complexity index is 600. The predicted octanol–water partition coefficient (Wildman–Crippen LogP) is 2.67. The van der Waals surface area contributed by atoms with Gasteiger partial charge in [-0.15, -0.1) is 35.3 Å². The van der Waals surface area contributed by atoms with E-state index in [0.717, 1.165) is 56.9 Å². The molecule has 6 nitrogen and oxygen atoms in total. The van der Waals surface area contributed by atoms with Crippen molar-refractivity contribution < 1.29 is 4.74 Å². The quantitative estimate of drug-likeness (QED) is 0.397. The Morgan fingerprint density at radius 2 is 2.08 bits per heavy atom. The minimum absolute atomic E-state index is 0. The zero-order valence-electron chi connectivity index (χ0n) is 16.3. The van der Waals surface area contributed by atoms with Crippen LogP contribution < -0.4 is 5.32 Å². The molecule has 148 valence electrons. The van der Waals surface area contributed by atoms with Crippen LogP contribution in [0.3, 0.4) is 0 Å². The fourth-order valence-corrected chi connectivity index (χ4v) is 4.77. The first-order valence-electron chi connectivity index (χ1n) is 9.32. The number of aromatic nitrogens is 1. The topological polar surface area (TPSA) is 53.0 Å². The number of morpholine rings is 1. The highest BCUT2D eigenvalue weighted by Gasteiger charge is 2.30. The molecule has 1 N–H and O–H groups in total. The molecule has 0 spiro atoms. The second-order valence-corrected chi connectivity index (χ2v) is 8.43. The lowest BCUT2D eigenvalue weighted by atomic mass is 10.1. The molecular formula is C18H32IN5OS. The van der Waals surface area contributed by atoms with Crippen molar-refractivity contribution in [3.63, 3.8) is 0 Å². The molecule has 2 saturated heterocycles. The van der Waals surface area contributed by atoms with E-state index >= 15 is 0 Å². The number of thiazole rings is 1. The van der Waals surface area contributed by atoms with Crippen molar-refractivity contribution in [2.24, 2.45) is 4.99 Å². The summed E-state index contributed by atoms with van der Waals surface area (Å²) >= 11 is 1.79. The van der Waals surface area contributed by atoms with Crippen LogP contribution in [-0.4, -0.2) is 73.2 Å². The molecule has 0 aliphatic carbocycles. The van der Waals surface area contributed by atoms with E-state index in [1.807, 2.05) is 7.05 Å². The molecule has 0 bridgehead atoms. The summed E-state index contributed by atoms with van der Waals surface area (Å²) in [7, 11) is 1.87. The van der Waals surface area contributed by atoms with Crippen LogP contribution in [0.4, 0.5) is 0 Å². The number of hydrogen-bond acceptors (Lipinski definition) is 5. The maximum Gasteiger partial charge on any atom is 0.194 e. The Hall–Kier alpha value is -0.450. The highest BCUT2D eigenvalue weighted by atomic mass is 127. The molecule has 8 heteroatoms. The summed E-state index contributed by atoms with van der Waals surface area (Å²) in [5, 5.41) is 4.66. The maximum atomic E-state index is 5.47.